The van der Waals surface area contributed by atoms with E-state index in [0.29, 0.717) is 44.7 Å². The third-order valence-corrected chi connectivity index (χ3v) is 6.11. The minimum absolute atomic E-state index is 0.0203. The molecular formula is C23H26FN5O6. The van der Waals surface area contributed by atoms with Crippen LogP contribution >= 0.6 is 0 Å². The van der Waals surface area contributed by atoms with E-state index in [9.17, 15) is 28.7 Å². The quantitative estimate of drug-likeness (QED) is 0.596. The molecule has 35 heavy (non-hydrogen) atoms. The summed E-state index contributed by atoms with van der Waals surface area (Å²) in [5, 5.41) is 10.3. The van der Waals surface area contributed by atoms with E-state index < -0.39 is 46.6 Å². The summed E-state index contributed by atoms with van der Waals surface area (Å²) in [6.45, 7) is 1.72. The number of halogens is 1. The zero-order valence-corrected chi connectivity index (χ0v) is 19.2. The fourth-order valence-electron chi connectivity index (χ4n) is 4.23. The molecule has 1 aromatic carbocycles. The van der Waals surface area contributed by atoms with Crippen LogP contribution < -0.4 is 5.56 Å². The number of carbonyl (C=O) groups is 3. The average molecular weight is 487 g/mol. The van der Waals surface area contributed by atoms with Crippen LogP contribution in [0, 0.1) is 5.82 Å². The molecule has 0 saturated carbocycles. The van der Waals surface area contributed by atoms with Crippen LogP contribution in [0.5, 0.6) is 5.75 Å². The highest BCUT2D eigenvalue weighted by atomic mass is 19.1. The van der Waals surface area contributed by atoms with Crippen LogP contribution in [0.4, 0.5) is 4.39 Å². The van der Waals surface area contributed by atoms with E-state index in [2.05, 4.69) is 9.97 Å². The Morgan fingerprint density at radius 3 is 2.54 bits per heavy atom. The number of likely N-dealkylation sites (tertiary alicyclic amines) is 1. The number of ether oxygens (including phenoxy) is 1. The smallest absolute Gasteiger partial charge is 0.312 e. The second-order valence-electron chi connectivity index (χ2n) is 8.50. The third kappa shape index (κ3) is 5.16. The van der Waals surface area contributed by atoms with E-state index in [-0.39, 0.29) is 18.9 Å². The van der Waals surface area contributed by atoms with Gasteiger partial charge in [0.25, 0.3) is 11.5 Å². The predicted molar refractivity (Wildman–Crippen MR) is 120 cm³/mol. The summed E-state index contributed by atoms with van der Waals surface area (Å²) in [5.41, 5.74) is -0.750. The van der Waals surface area contributed by atoms with Crippen molar-refractivity contribution < 1.29 is 28.6 Å². The van der Waals surface area contributed by atoms with Crippen LogP contribution in [0.3, 0.4) is 0 Å². The summed E-state index contributed by atoms with van der Waals surface area (Å²) in [6, 6.07) is 4.83. The molecule has 2 N–H and O–H groups in total. The Bertz CT molecular complexity index is 1180. The lowest BCUT2D eigenvalue weighted by Gasteiger charge is -2.30. The first-order valence-electron chi connectivity index (χ1n) is 11.3. The lowest BCUT2D eigenvalue weighted by Crippen LogP contribution is -2.49. The van der Waals surface area contributed by atoms with Gasteiger partial charge in [0.05, 0.1) is 19.3 Å². The molecule has 1 atom stereocenters. The molecule has 0 aliphatic carbocycles. The molecule has 2 aliphatic rings. The molecular weight excluding hydrogens is 461 g/mol. The SMILES string of the molecule is CN(Cc1ccc(F)cc1)C(=O)c1nc(C2CCCN2C(=O)C(=O)N2CCOCC2)[nH]c(=O)c1O. The molecule has 1 aromatic heterocycles. The average Bonchev–Trinajstić information content (AvgIpc) is 3.36. The van der Waals surface area contributed by atoms with Crippen molar-refractivity contribution in [3.05, 3.63) is 57.5 Å². The monoisotopic (exact) mass is 487 g/mol. The molecule has 1 unspecified atom stereocenters. The maximum absolute atomic E-state index is 13.2. The Balaban J connectivity index is 1.56. The topological polar surface area (TPSA) is 136 Å². The van der Waals surface area contributed by atoms with Crippen molar-refractivity contribution >= 4 is 17.7 Å². The predicted octanol–water partition coefficient (Wildman–Crippen LogP) is 0.409. The van der Waals surface area contributed by atoms with Crippen molar-refractivity contribution in [1.29, 1.82) is 0 Å². The Morgan fingerprint density at radius 1 is 1.17 bits per heavy atom. The molecule has 2 fully saturated rings. The molecule has 3 heterocycles. The van der Waals surface area contributed by atoms with E-state index in [1.165, 1.54) is 46.0 Å². The Labute approximate surface area is 200 Å². The lowest BCUT2D eigenvalue weighted by molar-refractivity contribution is -0.154. The second kappa shape index (κ2) is 10.2. The van der Waals surface area contributed by atoms with Crippen LogP contribution in [0.2, 0.25) is 0 Å². The number of nitrogens with zero attached hydrogens (tertiary/aromatic N) is 4. The summed E-state index contributed by atoms with van der Waals surface area (Å²) < 4.78 is 18.4. The van der Waals surface area contributed by atoms with E-state index in [1.54, 1.807) is 0 Å². The molecule has 0 bridgehead atoms. The van der Waals surface area contributed by atoms with Gasteiger partial charge in [-0.1, -0.05) is 12.1 Å². The first-order chi connectivity index (χ1) is 16.8. The van der Waals surface area contributed by atoms with Gasteiger partial charge in [0, 0.05) is 33.2 Å². The molecule has 186 valence electrons. The highest BCUT2D eigenvalue weighted by molar-refractivity contribution is 6.35. The maximum Gasteiger partial charge on any atom is 0.312 e. The largest absolute Gasteiger partial charge is 0.501 e. The zero-order chi connectivity index (χ0) is 25.1. The highest BCUT2D eigenvalue weighted by Gasteiger charge is 2.38. The summed E-state index contributed by atoms with van der Waals surface area (Å²) in [7, 11) is 1.46. The number of carbonyl (C=O) groups excluding carboxylic acids is 3. The van der Waals surface area contributed by atoms with Crippen molar-refractivity contribution in [2.45, 2.75) is 25.4 Å². The first-order valence-corrected chi connectivity index (χ1v) is 11.3. The van der Waals surface area contributed by atoms with Crippen LogP contribution in [-0.4, -0.2) is 87.4 Å². The Hall–Kier alpha value is -3.80. The van der Waals surface area contributed by atoms with Crippen molar-refractivity contribution in [1.82, 2.24) is 24.7 Å². The van der Waals surface area contributed by atoms with Gasteiger partial charge in [-0.05, 0) is 30.5 Å². The summed E-state index contributed by atoms with van der Waals surface area (Å²) in [5.74, 6) is -3.33. The fourth-order valence-corrected chi connectivity index (χ4v) is 4.23. The van der Waals surface area contributed by atoms with Gasteiger partial charge in [0.15, 0.2) is 5.69 Å². The number of amides is 3. The van der Waals surface area contributed by atoms with Gasteiger partial charge in [-0.3, -0.25) is 19.2 Å². The molecule has 2 saturated heterocycles. The summed E-state index contributed by atoms with van der Waals surface area (Å²) in [4.78, 5) is 61.8. The number of nitrogens with one attached hydrogen (secondary N) is 1. The zero-order valence-electron chi connectivity index (χ0n) is 19.2. The molecule has 2 aliphatic heterocycles. The van der Waals surface area contributed by atoms with Gasteiger partial charge in [0.2, 0.25) is 5.75 Å². The van der Waals surface area contributed by atoms with Gasteiger partial charge < -0.3 is 29.5 Å². The van der Waals surface area contributed by atoms with Gasteiger partial charge in [0.1, 0.15) is 11.6 Å². The number of aromatic hydroxyl groups is 1. The fraction of sp³-hybridized carbons (Fsp3) is 0.435. The maximum atomic E-state index is 13.2. The van der Waals surface area contributed by atoms with Crippen LogP contribution in [0.1, 0.15) is 40.8 Å². The van der Waals surface area contributed by atoms with E-state index in [1.807, 2.05) is 0 Å². The van der Waals surface area contributed by atoms with E-state index >= 15 is 0 Å². The molecule has 11 nitrogen and oxygen atoms in total. The number of rotatable bonds is 4. The summed E-state index contributed by atoms with van der Waals surface area (Å²) in [6.07, 6.45) is 1.00. The first kappa shape index (κ1) is 24.3. The van der Waals surface area contributed by atoms with Gasteiger partial charge in [-0.2, -0.15) is 0 Å². The van der Waals surface area contributed by atoms with Gasteiger partial charge >= 0.3 is 11.8 Å². The number of morpholine rings is 1. The van der Waals surface area contributed by atoms with Crippen molar-refractivity contribution in [2.75, 3.05) is 39.9 Å². The van der Waals surface area contributed by atoms with E-state index in [4.69, 9.17) is 4.74 Å². The molecule has 12 heteroatoms. The lowest BCUT2D eigenvalue weighted by atomic mass is 10.2. The Kier molecular flexibility index (Phi) is 7.10. The number of benzene rings is 1. The molecule has 3 amide bonds. The number of aromatic amines is 1. The normalized spacial score (nSPS) is 17.9. The van der Waals surface area contributed by atoms with Crippen molar-refractivity contribution in [3.8, 4) is 5.75 Å². The molecule has 0 radical (unpaired) electrons. The van der Waals surface area contributed by atoms with Crippen LogP contribution in [0.25, 0.3) is 0 Å². The van der Waals surface area contributed by atoms with E-state index in [0.717, 1.165) is 0 Å². The second-order valence-corrected chi connectivity index (χ2v) is 8.50. The summed E-state index contributed by atoms with van der Waals surface area (Å²) >= 11 is 0. The van der Waals surface area contributed by atoms with Crippen molar-refractivity contribution in [2.24, 2.45) is 0 Å². The molecule has 2 aromatic rings. The van der Waals surface area contributed by atoms with Crippen LogP contribution in [-0.2, 0) is 20.9 Å². The molecule has 4 rings (SSSR count). The third-order valence-electron chi connectivity index (χ3n) is 6.11. The number of aromatic nitrogens is 2. The Morgan fingerprint density at radius 2 is 1.86 bits per heavy atom. The number of H-pyrrole nitrogens is 1. The highest BCUT2D eigenvalue weighted by Crippen LogP contribution is 2.30. The minimum Gasteiger partial charge on any atom is -0.501 e. The number of hydrogen-bond acceptors (Lipinski definition) is 7. The standard InChI is InChI=1S/C23H26FN5O6/c1-27(13-14-4-6-15(24)7-5-14)21(32)17-18(30)20(31)26-19(25-17)16-3-2-8-29(16)23(34)22(33)28-9-11-35-12-10-28/h4-7,16,30H,2-3,8-13H2,1H3,(H,25,26,31). The van der Waals surface area contributed by atoms with Crippen molar-refractivity contribution in [3.63, 3.8) is 0 Å². The van der Waals surface area contributed by atoms with Gasteiger partial charge in [-0.15, -0.1) is 0 Å². The minimum atomic E-state index is -0.924. The van der Waals surface area contributed by atoms with Gasteiger partial charge in [-0.25, -0.2) is 9.37 Å². The van der Waals surface area contributed by atoms with Crippen LogP contribution in [0.15, 0.2) is 29.1 Å². The number of hydrogen-bond donors (Lipinski definition) is 2. The molecule has 0 spiro atoms.